The van der Waals surface area contributed by atoms with Crippen LogP contribution in [0.15, 0.2) is 0 Å². The van der Waals surface area contributed by atoms with Crippen LogP contribution in [0.1, 0.15) is 53.9 Å². The lowest BCUT2D eigenvalue weighted by Crippen LogP contribution is -2.23. The predicted octanol–water partition coefficient (Wildman–Crippen LogP) is 3.29. The lowest BCUT2D eigenvalue weighted by molar-refractivity contribution is 0.0976. The zero-order valence-electron chi connectivity index (χ0n) is 10.9. The van der Waals surface area contributed by atoms with Gasteiger partial charge in [0, 0.05) is 20.0 Å². The Labute approximate surface area is 112 Å². The summed E-state index contributed by atoms with van der Waals surface area (Å²) in [6.07, 6.45) is 8.14. The molecule has 0 unspecified atom stereocenters. The number of thiazole rings is 1. The highest BCUT2D eigenvalue weighted by Gasteiger charge is 2.24. The minimum absolute atomic E-state index is 0.300. The summed E-state index contributed by atoms with van der Waals surface area (Å²) in [6, 6.07) is 0. The summed E-state index contributed by atoms with van der Waals surface area (Å²) in [5, 5.41) is 1.04. The van der Waals surface area contributed by atoms with E-state index in [1.54, 1.807) is 11.3 Å². The molecule has 4 heteroatoms. The molecule has 1 aromatic rings. The maximum Gasteiger partial charge on any atom is 0.185 e. The SMILES string of the molecule is CN(CC1CCCC1)c1nc2c(s1)C(=O)CCC2. The minimum atomic E-state index is 0.300. The van der Waals surface area contributed by atoms with Gasteiger partial charge in [0.05, 0.1) is 10.6 Å². The van der Waals surface area contributed by atoms with E-state index < -0.39 is 0 Å². The molecule has 0 saturated heterocycles. The molecule has 0 bridgehead atoms. The number of anilines is 1. The van der Waals surface area contributed by atoms with Crippen molar-refractivity contribution in [3.05, 3.63) is 10.6 Å². The monoisotopic (exact) mass is 264 g/mol. The molecule has 0 N–H and O–H groups in total. The van der Waals surface area contributed by atoms with Crippen molar-refractivity contribution >= 4 is 22.3 Å². The second-order valence-corrected chi connectivity index (χ2v) is 6.56. The molecule has 0 radical (unpaired) electrons. The molecular weight excluding hydrogens is 244 g/mol. The van der Waals surface area contributed by atoms with Crippen molar-refractivity contribution in [2.45, 2.75) is 44.9 Å². The molecule has 0 aromatic carbocycles. The zero-order chi connectivity index (χ0) is 12.5. The van der Waals surface area contributed by atoms with E-state index in [4.69, 9.17) is 0 Å². The molecule has 98 valence electrons. The topological polar surface area (TPSA) is 33.2 Å². The number of aryl methyl sites for hydroxylation is 1. The Morgan fingerprint density at radius 2 is 2.06 bits per heavy atom. The van der Waals surface area contributed by atoms with Crippen LogP contribution in [0.25, 0.3) is 0 Å². The first-order valence-corrected chi connectivity index (χ1v) is 7.79. The van der Waals surface area contributed by atoms with E-state index in [9.17, 15) is 4.79 Å². The quantitative estimate of drug-likeness (QED) is 0.840. The Bertz CT molecular complexity index is 449. The van der Waals surface area contributed by atoms with E-state index in [1.165, 1.54) is 25.7 Å². The van der Waals surface area contributed by atoms with E-state index in [0.717, 1.165) is 41.0 Å². The largest absolute Gasteiger partial charge is 0.351 e. The van der Waals surface area contributed by atoms with Gasteiger partial charge in [-0.05, 0) is 31.6 Å². The number of hydrogen-bond donors (Lipinski definition) is 0. The smallest absolute Gasteiger partial charge is 0.185 e. The van der Waals surface area contributed by atoms with Gasteiger partial charge in [-0.2, -0.15) is 0 Å². The summed E-state index contributed by atoms with van der Waals surface area (Å²) in [5.41, 5.74) is 1.05. The second kappa shape index (κ2) is 5.00. The lowest BCUT2D eigenvalue weighted by atomic mass is 10.0. The third kappa shape index (κ3) is 2.30. The van der Waals surface area contributed by atoms with Crippen LogP contribution < -0.4 is 4.90 Å². The van der Waals surface area contributed by atoms with Crippen molar-refractivity contribution in [2.24, 2.45) is 5.92 Å². The van der Waals surface area contributed by atoms with Gasteiger partial charge in [0.25, 0.3) is 0 Å². The van der Waals surface area contributed by atoms with Crippen LogP contribution in [-0.4, -0.2) is 24.4 Å². The molecule has 1 fully saturated rings. The van der Waals surface area contributed by atoms with Crippen LogP contribution in [0.3, 0.4) is 0 Å². The fraction of sp³-hybridized carbons (Fsp3) is 0.714. The summed E-state index contributed by atoms with van der Waals surface area (Å²) in [4.78, 5) is 19.7. The van der Waals surface area contributed by atoms with Gasteiger partial charge in [-0.15, -0.1) is 0 Å². The summed E-state index contributed by atoms with van der Waals surface area (Å²) < 4.78 is 0. The van der Waals surface area contributed by atoms with Crippen LogP contribution in [0, 0.1) is 5.92 Å². The van der Waals surface area contributed by atoms with Gasteiger partial charge >= 0.3 is 0 Å². The minimum Gasteiger partial charge on any atom is -0.351 e. The molecule has 0 atom stereocenters. The number of carbonyl (C=O) groups excluding carboxylic acids is 1. The fourth-order valence-electron chi connectivity index (χ4n) is 3.08. The van der Waals surface area contributed by atoms with Crippen molar-refractivity contribution in [1.29, 1.82) is 0 Å². The van der Waals surface area contributed by atoms with E-state index in [2.05, 4.69) is 16.9 Å². The molecule has 3 nitrogen and oxygen atoms in total. The third-order valence-corrected chi connectivity index (χ3v) is 5.34. The Morgan fingerprint density at radius 3 is 2.78 bits per heavy atom. The second-order valence-electron chi connectivity index (χ2n) is 5.58. The van der Waals surface area contributed by atoms with Crippen LogP contribution >= 0.6 is 11.3 Å². The highest BCUT2D eigenvalue weighted by atomic mass is 32.1. The van der Waals surface area contributed by atoms with Gasteiger partial charge in [-0.25, -0.2) is 4.98 Å². The summed E-state index contributed by atoms with van der Waals surface area (Å²) in [6.45, 7) is 1.10. The molecule has 2 aliphatic rings. The van der Waals surface area contributed by atoms with Crippen LogP contribution in [0.4, 0.5) is 5.13 Å². The number of fused-ring (bicyclic) bond motifs is 1. The number of Topliss-reactive ketones (excluding diaryl/α,β-unsaturated/α-hetero) is 1. The number of nitrogens with zero attached hydrogens (tertiary/aromatic N) is 2. The van der Waals surface area contributed by atoms with Gasteiger partial charge in [0.15, 0.2) is 10.9 Å². The molecule has 0 amide bonds. The van der Waals surface area contributed by atoms with Crippen molar-refractivity contribution in [3.8, 4) is 0 Å². The van der Waals surface area contributed by atoms with Gasteiger partial charge in [-0.3, -0.25) is 4.79 Å². The molecule has 0 spiro atoms. The first-order valence-electron chi connectivity index (χ1n) is 6.98. The van der Waals surface area contributed by atoms with E-state index in [1.807, 2.05) is 0 Å². The van der Waals surface area contributed by atoms with Gasteiger partial charge in [0.2, 0.25) is 0 Å². The molecule has 1 heterocycles. The molecule has 2 aliphatic carbocycles. The van der Waals surface area contributed by atoms with Crippen molar-refractivity contribution in [2.75, 3.05) is 18.5 Å². The zero-order valence-corrected chi connectivity index (χ0v) is 11.8. The average molecular weight is 264 g/mol. The number of aromatic nitrogens is 1. The first kappa shape index (κ1) is 12.2. The van der Waals surface area contributed by atoms with E-state index in [0.29, 0.717) is 12.2 Å². The highest BCUT2D eigenvalue weighted by molar-refractivity contribution is 7.17. The maximum atomic E-state index is 11.8. The van der Waals surface area contributed by atoms with Crippen molar-refractivity contribution in [3.63, 3.8) is 0 Å². The third-order valence-electron chi connectivity index (χ3n) is 4.09. The molecule has 1 aromatic heterocycles. The van der Waals surface area contributed by atoms with Crippen molar-refractivity contribution in [1.82, 2.24) is 4.98 Å². The Morgan fingerprint density at radius 1 is 1.28 bits per heavy atom. The van der Waals surface area contributed by atoms with Crippen molar-refractivity contribution < 1.29 is 4.79 Å². The number of ketones is 1. The predicted molar refractivity (Wildman–Crippen MR) is 74.6 cm³/mol. The van der Waals surface area contributed by atoms with E-state index >= 15 is 0 Å². The van der Waals surface area contributed by atoms with Gasteiger partial charge < -0.3 is 4.90 Å². The lowest BCUT2D eigenvalue weighted by Gasteiger charge is -2.19. The fourth-order valence-corrected chi connectivity index (χ4v) is 4.13. The molecule has 18 heavy (non-hydrogen) atoms. The van der Waals surface area contributed by atoms with Gasteiger partial charge in [0.1, 0.15) is 0 Å². The average Bonchev–Trinajstić information content (AvgIpc) is 2.97. The van der Waals surface area contributed by atoms with Crippen LogP contribution in [0.2, 0.25) is 0 Å². The summed E-state index contributed by atoms with van der Waals surface area (Å²) >= 11 is 1.60. The van der Waals surface area contributed by atoms with Gasteiger partial charge in [-0.1, -0.05) is 24.2 Å². The first-order chi connectivity index (χ1) is 8.74. The maximum absolute atomic E-state index is 11.8. The summed E-state index contributed by atoms with van der Waals surface area (Å²) in [7, 11) is 2.12. The highest BCUT2D eigenvalue weighted by Crippen LogP contribution is 2.33. The number of hydrogen-bond acceptors (Lipinski definition) is 4. The molecule has 3 rings (SSSR count). The van der Waals surface area contributed by atoms with Crippen LogP contribution in [-0.2, 0) is 6.42 Å². The Kier molecular flexibility index (Phi) is 3.37. The standard InChI is InChI=1S/C14H20N2OS/c1-16(9-10-5-2-3-6-10)14-15-11-7-4-8-12(17)13(11)18-14/h10H,2-9H2,1H3. The summed E-state index contributed by atoms with van der Waals surface area (Å²) in [5.74, 6) is 1.13. The Balaban J connectivity index is 1.73. The van der Waals surface area contributed by atoms with E-state index in [-0.39, 0.29) is 0 Å². The number of carbonyl (C=O) groups is 1. The molecular formula is C14H20N2OS. The van der Waals surface area contributed by atoms with Crippen LogP contribution in [0.5, 0.6) is 0 Å². The molecule has 1 saturated carbocycles. The normalized spacial score (nSPS) is 20.2. The number of rotatable bonds is 3. The Hall–Kier alpha value is -0.900. The molecule has 0 aliphatic heterocycles.